The van der Waals surface area contributed by atoms with E-state index in [-0.39, 0.29) is 0 Å². The molecule has 3 rings (SSSR count). The van der Waals surface area contributed by atoms with E-state index in [9.17, 15) is 0 Å². The summed E-state index contributed by atoms with van der Waals surface area (Å²) in [6, 6.07) is 18.3. The monoisotopic (exact) mass is 534 g/mol. The van der Waals surface area contributed by atoms with Gasteiger partial charge in [-0.2, -0.15) is 0 Å². The van der Waals surface area contributed by atoms with E-state index in [0.717, 1.165) is 22.9 Å². The van der Waals surface area contributed by atoms with Gasteiger partial charge in [0.1, 0.15) is 11.5 Å². The third kappa shape index (κ3) is 7.63. The predicted octanol–water partition coefficient (Wildman–Crippen LogP) is 7.41. The summed E-state index contributed by atoms with van der Waals surface area (Å²) in [5.41, 5.74) is 2.75. The second-order valence-electron chi connectivity index (χ2n) is 6.88. The maximum atomic E-state index is 6.45. The zero-order valence-electron chi connectivity index (χ0n) is 18.6. The van der Waals surface area contributed by atoms with Gasteiger partial charge in [0.25, 0.3) is 0 Å². The van der Waals surface area contributed by atoms with Crippen molar-refractivity contribution < 1.29 is 9.47 Å². The Kier molecular flexibility index (Phi) is 9.59. The first-order valence-electron chi connectivity index (χ1n) is 10.5. The fraction of sp³-hybridized carbons (Fsp3) is 0.167. The summed E-state index contributed by atoms with van der Waals surface area (Å²) in [6.45, 7) is 5.10. The van der Waals surface area contributed by atoms with Gasteiger partial charge in [-0.15, -0.1) is 0 Å². The Morgan fingerprint density at radius 2 is 1.00 bits per heavy atom. The molecule has 0 aromatic heterocycles. The number of thiocarbonyl (C=S) groups is 2. The Morgan fingerprint density at radius 1 is 0.647 bits per heavy atom. The van der Waals surface area contributed by atoms with Crippen LogP contribution in [0.25, 0.3) is 0 Å². The lowest BCUT2D eigenvalue weighted by Gasteiger charge is -2.16. The number of hydrogen-bond acceptors (Lipinski definition) is 4. The lowest BCUT2D eigenvalue weighted by atomic mass is 10.2. The summed E-state index contributed by atoms with van der Waals surface area (Å²) < 4.78 is 10.9. The predicted molar refractivity (Wildman–Crippen MR) is 151 cm³/mol. The Hall–Kier alpha value is -2.78. The van der Waals surface area contributed by atoms with Crippen LogP contribution in [0.3, 0.4) is 0 Å². The van der Waals surface area contributed by atoms with Crippen LogP contribution in [0, 0.1) is 0 Å². The molecule has 0 saturated carbocycles. The Bertz CT molecular complexity index is 1050. The molecule has 4 N–H and O–H groups in total. The Balaban J connectivity index is 1.59. The molecule has 178 valence electrons. The molecule has 34 heavy (non-hydrogen) atoms. The van der Waals surface area contributed by atoms with Crippen LogP contribution in [0.15, 0.2) is 60.7 Å². The fourth-order valence-electron chi connectivity index (χ4n) is 2.91. The van der Waals surface area contributed by atoms with Gasteiger partial charge < -0.3 is 30.7 Å². The van der Waals surface area contributed by atoms with Crippen molar-refractivity contribution in [3.05, 3.63) is 70.7 Å². The quantitative estimate of drug-likeness (QED) is 0.223. The summed E-state index contributed by atoms with van der Waals surface area (Å²) in [6.07, 6.45) is 0. The summed E-state index contributed by atoms with van der Waals surface area (Å²) in [7, 11) is 0. The molecule has 0 aliphatic heterocycles. The second kappa shape index (κ2) is 12.6. The largest absolute Gasteiger partial charge is 0.494 e. The van der Waals surface area contributed by atoms with Gasteiger partial charge in [0.15, 0.2) is 10.2 Å². The van der Waals surface area contributed by atoms with Crippen molar-refractivity contribution in [1.29, 1.82) is 0 Å². The van der Waals surface area contributed by atoms with Gasteiger partial charge in [0.2, 0.25) is 0 Å². The Morgan fingerprint density at radius 3 is 1.32 bits per heavy atom. The first-order chi connectivity index (χ1) is 16.4. The molecule has 0 unspecified atom stereocenters. The van der Waals surface area contributed by atoms with Crippen molar-refractivity contribution >= 4 is 80.6 Å². The van der Waals surface area contributed by atoms with Gasteiger partial charge in [-0.1, -0.05) is 23.2 Å². The van der Waals surface area contributed by atoms with E-state index >= 15 is 0 Å². The molecule has 10 heteroatoms. The van der Waals surface area contributed by atoms with Crippen LogP contribution >= 0.6 is 47.6 Å². The van der Waals surface area contributed by atoms with E-state index < -0.39 is 0 Å². The number of anilines is 4. The molecule has 3 aromatic carbocycles. The number of halogens is 2. The van der Waals surface area contributed by atoms with Crippen molar-refractivity contribution in [1.82, 2.24) is 0 Å². The van der Waals surface area contributed by atoms with E-state index in [1.807, 2.05) is 62.4 Å². The molecule has 0 spiro atoms. The zero-order chi connectivity index (χ0) is 24.5. The topological polar surface area (TPSA) is 66.6 Å². The summed E-state index contributed by atoms with van der Waals surface area (Å²) in [5.74, 6) is 1.58. The van der Waals surface area contributed by atoms with Gasteiger partial charge >= 0.3 is 0 Å². The number of rotatable bonds is 8. The first kappa shape index (κ1) is 25.8. The van der Waals surface area contributed by atoms with Gasteiger partial charge in [0, 0.05) is 11.4 Å². The lowest BCUT2D eigenvalue weighted by Crippen LogP contribution is -2.20. The average molecular weight is 536 g/mol. The molecule has 0 heterocycles. The minimum atomic E-state index is 0.371. The minimum Gasteiger partial charge on any atom is -0.494 e. The number of hydrogen-bond donors (Lipinski definition) is 4. The molecule has 0 bridgehead atoms. The normalized spacial score (nSPS) is 10.2. The molecule has 0 radical (unpaired) electrons. The number of ether oxygens (including phenoxy) is 2. The minimum absolute atomic E-state index is 0.371. The molecule has 0 aliphatic carbocycles. The summed E-state index contributed by atoms with van der Waals surface area (Å²) >= 11 is 23.7. The van der Waals surface area contributed by atoms with Crippen molar-refractivity contribution in [2.24, 2.45) is 0 Å². The van der Waals surface area contributed by atoms with Crippen LogP contribution in [-0.4, -0.2) is 23.4 Å². The maximum Gasteiger partial charge on any atom is 0.175 e. The van der Waals surface area contributed by atoms with E-state index in [1.54, 1.807) is 12.1 Å². The van der Waals surface area contributed by atoms with E-state index in [1.165, 1.54) is 0 Å². The van der Waals surface area contributed by atoms with E-state index in [4.69, 9.17) is 57.1 Å². The van der Waals surface area contributed by atoms with E-state index in [0.29, 0.717) is 44.9 Å². The SMILES string of the molecule is CCOc1ccc(NC(=S)Nc2cc(Cl)c(NC(=S)Nc3ccc(OCC)cc3)cc2Cl)cc1. The molecule has 3 aromatic rings. The lowest BCUT2D eigenvalue weighted by molar-refractivity contribution is 0.340. The molecular formula is C24H24Cl2N4O2S2. The third-order valence-electron chi connectivity index (χ3n) is 4.40. The van der Waals surface area contributed by atoms with Crippen molar-refractivity contribution in [2.75, 3.05) is 34.5 Å². The molecular weight excluding hydrogens is 511 g/mol. The summed E-state index contributed by atoms with van der Waals surface area (Å²) in [4.78, 5) is 0. The molecule has 0 atom stereocenters. The average Bonchev–Trinajstić information content (AvgIpc) is 2.80. The highest BCUT2D eigenvalue weighted by molar-refractivity contribution is 7.81. The number of benzene rings is 3. The number of nitrogens with one attached hydrogen (secondary N) is 4. The molecule has 0 amide bonds. The van der Waals surface area contributed by atoms with Gasteiger partial charge in [0.05, 0.1) is 34.6 Å². The van der Waals surface area contributed by atoms with Crippen LogP contribution in [-0.2, 0) is 0 Å². The summed E-state index contributed by atoms with van der Waals surface area (Å²) in [5, 5.41) is 13.9. The molecule has 0 aliphatic rings. The standard InChI is InChI=1S/C24H24Cl2N4O2S2/c1-3-31-17-9-5-15(6-10-17)27-23(33)29-21-13-20(26)22(14-19(21)25)30-24(34)28-16-7-11-18(12-8-16)32-4-2/h5-14H,3-4H2,1-2H3,(H2,27,29,33)(H2,28,30,34). The highest BCUT2D eigenvalue weighted by atomic mass is 35.5. The van der Waals surface area contributed by atoms with Crippen molar-refractivity contribution in [3.8, 4) is 11.5 Å². The van der Waals surface area contributed by atoms with Gasteiger partial charge in [-0.25, -0.2) is 0 Å². The van der Waals surface area contributed by atoms with Crippen LogP contribution in [0.2, 0.25) is 10.0 Å². The van der Waals surface area contributed by atoms with Crippen LogP contribution in [0.1, 0.15) is 13.8 Å². The highest BCUT2D eigenvalue weighted by Gasteiger charge is 2.11. The highest BCUT2D eigenvalue weighted by Crippen LogP contribution is 2.33. The van der Waals surface area contributed by atoms with Crippen LogP contribution < -0.4 is 30.7 Å². The van der Waals surface area contributed by atoms with E-state index in [2.05, 4.69) is 21.3 Å². The second-order valence-corrected chi connectivity index (χ2v) is 8.52. The van der Waals surface area contributed by atoms with Crippen LogP contribution in [0.5, 0.6) is 11.5 Å². The smallest absolute Gasteiger partial charge is 0.175 e. The Labute approximate surface area is 219 Å². The molecule has 0 fully saturated rings. The first-order valence-corrected chi connectivity index (χ1v) is 12.1. The maximum absolute atomic E-state index is 6.45. The third-order valence-corrected chi connectivity index (χ3v) is 5.43. The van der Waals surface area contributed by atoms with Gasteiger partial charge in [-0.05, 0) is 98.9 Å². The molecule has 0 saturated heterocycles. The molecule has 6 nitrogen and oxygen atoms in total. The van der Waals surface area contributed by atoms with Crippen molar-refractivity contribution in [2.45, 2.75) is 13.8 Å². The van der Waals surface area contributed by atoms with Gasteiger partial charge in [-0.3, -0.25) is 0 Å². The van der Waals surface area contributed by atoms with Crippen molar-refractivity contribution in [3.63, 3.8) is 0 Å². The fourth-order valence-corrected chi connectivity index (χ4v) is 3.79. The van der Waals surface area contributed by atoms with Crippen LogP contribution in [0.4, 0.5) is 22.7 Å². The zero-order valence-corrected chi connectivity index (χ0v) is 21.7.